The van der Waals surface area contributed by atoms with Crippen LogP contribution in [0, 0.1) is 0 Å². The summed E-state index contributed by atoms with van der Waals surface area (Å²) in [5, 5.41) is 16.9. The Morgan fingerprint density at radius 2 is 1.61 bits per heavy atom. The number of halogens is 5. The Kier molecular flexibility index (Phi) is 6.74. The summed E-state index contributed by atoms with van der Waals surface area (Å²) < 4.78 is 48.0. The van der Waals surface area contributed by atoms with E-state index in [1.165, 1.54) is 28.5 Å². The fourth-order valence-corrected chi connectivity index (χ4v) is 4.62. The van der Waals surface area contributed by atoms with Crippen molar-refractivity contribution in [3.8, 4) is 28.5 Å². The van der Waals surface area contributed by atoms with E-state index in [0.717, 1.165) is 11.6 Å². The van der Waals surface area contributed by atoms with E-state index in [0.29, 0.717) is 33.3 Å². The van der Waals surface area contributed by atoms with Crippen molar-refractivity contribution < 1.29 is 17.6 Å². The molecule has 5 rings (SSSR count). The number of rotatable bonds is 6. The van der Waals surface area contributed by atoms with Crippen LogP contribution in [0.15, 0.2) is 82.4 Å². The number of thioether (sulfide) groups is 1. The molecule has 0 aliphatic heterocycles. The van der Waals surface area contributed by atoms with Crippen molar-refractivity contribution in [2.24, 2.45) is 0 Å². The molecule has 0 amide bonds. The molecule has 36 heavy (non-hydrogen) atoms. The van der Waals surface area contributed by atoms with E-state index >= 15 is 0 Å². The molecule has 2 aromatic heterocycles. The van der Waals surface area contributed by atoms with E-state index in [4.69, 9.17) is 27.6 Å². The maximum atomic E-state index is 13.6. The Morgan fingerprint density at radius 1 is 0.833 bits per heavy atom. The predicted octanol–water partition coefficient (Wildman–Crippen LogP) is 7.60. The second-order valence-corrected chi connectivity index (χ2v) is 9.26. The number of aromatic nitrogens is 5. The van der Waals surface area contributed by atoms with E-state index in [9.17, 15) is 13.2 Å². The zero-order chi connectivity index (χ0) is 25.3. The highest BCUT2D eigenvalue weighted by molar-refractivity contribution is 7.98. The highest BCUT2D eigenvalue weighted by Gasteiger charge is 2.34. The molecule has 0 bridgehead atoms. The highest BCUT2D eigenvalue weighted by Crippen LogP contribution is 2.38. The van der Waals surface area contributed by atoms with Gasteiger partial charge >= 0.3 is 6.18 Å². The van der Waals surface area contributed by atoms with Crippen LogP contribution in [0.1, 0.15) is 11.5 Å². The van der Waals surface area contributed by atoms with E-state index in [-0.39, 0.29) is 11.4 Å². The van der Waals surface area contributed by atoms with Crippen molar-refractivity contribution in [2.45, 2.75) is 17.1 Å². The normalized spacial score (nSPS) is 11.7. The van der Waals surface area contributed by atoms with Crippen molar-refractivity contribution in [3.05, 3.63) is 94.3 Å². The molecular weight excluding hydrogens is 534 g/mol. The third-order valence-corrected chi connectivity index (χ3v) is 6.52. The first-order valence-electron chi connectivity index (χ1n) is 10.4. The molecule has 6 nitrogen and oxygen atoms in total. The Balaban J connectivity index is 1.52. The van der Waals surface area contributed by atoms with Crippen LogP contribution in [0.2, 0.25) is 10.0 Å². The second kappa shape index (κ2) is 9.96. The number of nitrogens with zero attached hydrogens (tertiary/aromatic N) is 5. The van der Waals surface area contributed by atoms with Gasteiger partial charge in [0.25, 0.3) is 0 Å². The molecule has 0 unspecified atom stereocenters. The molecule has 5 aromatic rings. The summed E-state index contributed by atoms with van der Waals surface area (Å²) in [7, 11) is 0. The van der Waals surface area contributed by atoms with Crippen molar-refractivity contribution in [3.63, 3.8) is 0 Å². The van der Waals surface area contributed by atoms with Gasteiger partial charge in [-0.3, -0.25) is 4.57 Å². The van der Waals surface area contributed by atoms with Crippen molar-refractivity contribution in [1.29, 1.82) is 0 Å². The average Bonchev–Trinajstić information content (AvgIpc) is 3.50. The Morgan fingerprint density at radius 3 is 2.36 bits per heavy atom. The summed E-state index contributed by atoms with van der Waals surface area (Å²) in [6.07, 6.45) is -4.64. The topological polar surface area (TPSA) is 69.6 Å². The van der Waals surface area contributed by atoms with Gasteiger partial charge in [0.2, 0.25) is 11.8 Å². The van der Waals surface area contributed by atoms with Crippen LogP contribution in [0.5, 0.6) is 0 Å². The number of alkyl halides is 3. The van der Waals surface area contributed by atoms with Gasteiger partial charge in [0.05, 0.1) is 22.0 Å². The van der Waals surface area contributed by atoms with E-state index in [1.54, 1.807) is 24.3 Å². The molecule has 0 radical (unpaired) electrons. The minimum Gasteiger partial charge on any atom is -0.420 e. The lowest BCUT2D eigenvalue weighted by Gasteiger charge is -2.14. The lowest BCUT2D eigenvalue weighted by Crippen LogP contribution is -2.08. The molecule has 0 N–H and O–H groups in total. The van der Waals surface area contributed by atoms with Crippen molar-refractivity contribution >= 4 is 35.0 Å². The van der Waals surface area contributed by atoms with Gasteiger partial charge < -0.3 is 4.42 Å². The fourth-order valence-electron chi connectivity index (χ4n) is 3.42. The molecule has 182 valence electrons. The summed E-state index contributed by atoms with van der Waals surface area (Å²) in [4.78, 5) is 0. The van der Waals surface area contributed by atoms with E-state index in [1.807, 2.05) is 30.3 Å². The minimum atomic E-state index is -4.64. The van der Waals surface area contributed by atoms with Gasteiger partial charge in [-0.15, -0.1) is 20.4 Å². The molecule has 0 saturated heterocycles. The zero-order valence-electron chi connectivity index (χ0n) is 18.1. The first-order valence-corrected chi connectivity index (χ1v) is 12.1. The quantitative estimate of drug-likeness (QED) is 0.204. The van der Waals surface area contributed by atoms with Gasteiger partial charge in [-0.25, -0.2) is 0 Å². The minimum absolute atomic E-state index is 0.185. The fraction of sp³-hybridized carbons (Fsp3) is 0.0833. The standard InChI is InChI=1S/C24H14Cl2F3N5OS/c25-16-8-4-7-15(11-16)21-31-33-23(34(21)17-9-10-19(26)18(12-17)24(27,28)29)36-13-20-30-32-22(35-20)14-5-2-1-3-6-14/h1-12H,13H2. The third kappa shape index (κ3) is 5.11. The summed E-state index contributed by atoms with van der Waals surface area (Å²) >= 11 is 13.2. The molecule has 0 aliphatic rings. The summed E-state index contributed by atoms with van der Waals surface area (Å²) in [5.74, 6) is 1.21. The smallest absolute Gasteiger partial charge is 0.417 e. The molecule has 0 fully saturated rings. The molecular formula is C24H14Cl2F3N5OS. The third-order valence-electron chi connectivity index (χ3n) is 5.04. The van der Waals surface area contributed by atoms with Crippen molar-refractivity contribution in [1.82, 2.24) is 25.0 Å². The summed E-state index contributed by atoms with van der Waals surface area (Å²) in [6, 6.07) is 19.7. The van der Waals surface area contributed by atoms with Gasteiger partial charge in [-0.2, -0.15) is 13.2 Å². The Bertz CT molecular complexity index is 1520. The lowest BCUT2D eigenvalue weighted by atomic mass is 10.1. The van der Waals surface area contributed by atoms with Gasteiger partial charge in [-0.05, 0) is 42.5 Å². The Labute approximate surface area is 217 Å². The van der Waals surface area contributed by atoms with Gasteiger partial charge in [0.1, 0.15) is 0 Å². The SMILES string of the molecule is FC(F)(F)c1cc(-n2c(SCc3nnc(-c4ccccc4)o3)nnc2-c2cccc(Cl)c2)ccc1Cl. The van der Waals surface area contributed by atoms with Crippen LogP contribution in [-0.4, -0.2) is 25.0 Å². The first-order chi connectivity index (χ1) is 17.3. The van der Waals surface area contributed by atoms with Gasteiger partial charge in [0, 0.05) is 16.1 Å². The van der Waals surface area contributed by atoms with Crippen LogP contribution < -0.4 is 0 Å². The van der Waals surface area contributed by atoms with E-state index in [2.05, 4.69) is 20.4 Å². The molecule has 2 heterocycles. The van der Waals surface area contributed by atoms with Crippen molar-refractivity contribution in [2.75, 3.05) is 0 Å². The number of hydrogen-bond acceptors (Lipinski definition) is 6. The average molecular weight is 548 g/mol. The van der Waals surface area contributed by atoms with Crippen LogP contribution >= 0.6 is 35.0 Å². The van der Waals surface area contributed by atoms with E-state index < -0.39 is 16.8 Å². The predicted molar refractivity (Wildman–Crippen MR) is 131 cm³/mol. The summed E-state index contributed by atoms with van der Waals surface area (Å²) in [5.41, 5.74) is 0.570. The first kappa shape index (κ1) is 24.4. The molecule has 0 atom stereocenters. The number of benzene rings is 3. The maximum Gasteiger partial charge on any atom is 0.417 e. The second-order valence-electron chi connectivity index (χ2n) is 7.47. The molecule has 0 saturated carbocycles. The van der Waals surface area contributed by atoms with Gasteiger partial charge in [0.15, 0.2) is 11.0 Å². The van der Waals surface area contributed by atoms with Gasteiger partial charge in [-0.1, -0.05) is 65.3 Å². The molecule has 0 aliphatic carbocycles. The number of hydrogen-bond donors (Lipinski definition) is 0. The van der Waals surface area contributed by atoms with Crippen LogP contribution in [0.25, 0.3) is 28.5 Å². The largest absolute Gasteiger partial charge is 0.420 e. The lowest BCUT2D eigenvalue weighted by molar-refractivity contribution is -0.137. The zero-order valence-corrected chi connectivity index (χ0v) is 20.4. The van der Waals surface area contributed by atoms with Crippen LogP contribution in [0.4, 0.5) is 13.2 Å². The Hall–Kier alpha value is -3.34. The summed E-state index contributed by atoms with van der Waals surface area (Å²) in [6.45, 7) is 0. The maximum absolute atomic E-state index is 13.6. The van der Waals surface area contributed by atoms with Crippen LogP contribution in [-0.2, 0) is 11.9 Å². The molecule has 3 aromatic carbocycles. The monoisotopic (exact) mass is 547 g/mol. The van der Waals surface area contributed by atoms with Crippen LogP contribution in [0.3, 0.4) is 0 Å². The molecule has 0 spiro atoms. The molecule has 12 heteroatoms. The highest BCUT2D eigenvalue weighted by atomic mass is 35.5.